The average Bonchev–Trinajstić information content (AvgIpc) is 3.21. The van der Waals surface area contributed by atoms with Crippen molar-refractivity contribution >= 4 is 0 Å². The second-order valence-electron chi connectivity index (χ2n) is 8.36. The maximum absolute atomic E-state index is 3.91. The molecule has 1 N–H and O–H groups in total. The molecule has 3 fully saturated rings. The summed E-state index contributed by atoms with van der Waals surface area (Å²) in [6.07, 6.45) is 4.29. The number of rotatable bonds is 5. The van der Waals surface area contributed by atoms with E-state index in [9.17, 15) is 0 Å². The van der Waals surface area contributed by atoms with Crippen molar-refractivity contribution < 1.29 is 0 Å². The predicted molar refractivity (Wildman–Crippen MR) is 89.6 cm³/mol. The molecular formula is C18H35N3. The second kappa shape index (κ2) is 6.17. The number of likely N-dealkylation sites (tertiary alicyclic amines) is 1. The third-order valence-corrected chi connectivity index (χ3v) is 6.27. The lowest BCUT2D eigenvalue weighted by Gasteiger charge is -2.49. The van der Waals surface area contributed by atoms with Crippen LogP contribution in [-0.2, 0) is 0 Å². The molecule has 122 valence electrons. The molecule has 2 aliphatic heterocycles. The fraction of sp³-hybridized carbons (Fsp3) is 1.00. The Morgan fingerprint density at radius 2 is 2.00 bits per heavy atom. The van der Waals surface area contributed by atoms with Crippen molar-refractivity contribution in [1.82, 2.24) is 15.1 Å². The van der Waals surface area contributed by atoms with E-state index in [0.717, 1.165) is 23.8 Å². The molecule has 3 nitrogen and oxygen atoms in total. The van der Waals surface area contributed by atoms with E-state index in [1.807, 2.05) is 0 Å². The molecule has 0 spiro atoms. The predicted octanol–water partition coefficient (Wildman–Crippen LogP) is 2.43. The smallest absolute Gasteiger partial charge is 0.0309 e. The number of hydrogen-bond donors (Lipinski definition) is 1. The summed E-state index contributed by atoms with van der Waals surface area (Å²) in [5, 5.41) is 3.91. The number of nitrogens with zero attached hydrogens (tertiary/aromatic N) is 2. The summed E-state index contributed by atoms with van der Waals surface area (Å²) in [6, 6.07) is 0.729. The van der Waals surface area contributed by atoms with Crippen LogP contribution in [0.5, 0.6) is 0 Å². The summed E-state index contributed by atoms with van der Waals surface area (Å²) in [7, 11) is 0. The van der Waals surface area contributed by atoms with Crippen LogP contribution in [-0.4, -0.2) is 60.6 Å². The van der Waals surface area contributed by atoms with Crippen LogP contribution in [0.15, 0.2) is 0 Å². The van der Waals surface area contributed by atoms with Gasteiger partial charge < -0.3 is 10.2 Å². The van der Waals surface area contributed by atoms with E-state index in [1.54, 1.807) is 0 Å². The average molecular weight is 293 g/mol. The van der Waals surface area contributed by atoms with Crippen molar-refractivity contribution in [2.75, 3.05) is 39.3 Å². The van der Waals surface area contributed by atoms with Gasteiger partial charge in [-0.05, 0) is 57.0 Å². The van der Waals surface area contributed by atoms with Crippen LogP contribution in [0.25, 0.3) is 0 Å². The molecule has 0 aromatic heterocycles. The highest BCUT2D eigenvalue weighted by Gasteiger charge is 2.46. The highest BCUT2D eigenvalue weighted by molar-refractivity contribution is 5.04. The zero-order chi connectivity index (χ0) is 15.0. The Kier molecular flexibility index (Phi) is 4.63. The number of hydrogen-bond acceptors (Lipinski definition) is 3. The highest BCUT2D eigenvalue weighted by atomic mass is 15.3. The molecular weight excluding hydrogens is 258 g/mol. The lowest BCUT2D eigenvalue weighted by molar-refractivity contribution is 0.0409. The molecule has 0 bridgehead atoms. The summed E-state index contributed by atoms with van der Waals surface area (Å²) in [6.45, 7) is 17.2. The van der Waals surface area contributed by atoms with Gasteiger partial charge in [0.1, 0.15) is 0 Å². The van der Waals surface area contributed by atoms with Crippen LogP contribution in [0, 0.1) is 17.8 Å². The van der Waals surface area contributed by atoms with Crippen LogP contribution in [0.3, 0.4) is 0 Å². The van der Waals surface area contributed by atoms with E-state index in [4.69, 9.17) is 0 Å². The summed E-state index contributed by atoms with van der Waals surface area (Å²) in [5.41, 5.74) is 0.383. The van der Waals surface area contributed by atoms with E-state index in [0.29, 0.717) is 5.54 Å². The quantitative estimate of drug-likeness (QED) is 0.840. The molecule has 0 amide bonds. The summed E-state index contributed by atoms with van der Waals surface area (Å²) in [5.74, 6) is 2.58. The van der Waals surface area contributed by atoms with Crippen LogP contribution in [0.4, 0.5) is 0 Å². The first-order chi connectivity index (χ1) is 10.0. The fourth-order valence-corrected chi connectivity index (χ4v) is 4.59. The zero-order valence-corrected chi connectivity index (χ0v) is 14.6. The van der Waals surface area contributed by atoms with Gasteiger partial charge in [0.25, 0.3) is 0 Å². The third-order valence-electron chi connectivity index (χ3n) is 6.27. The first kappa shape index (κ1) is 15.8. The van der Waals surface area contributed by atoms with Crippen molar-refractivity contribution in [3.63, 3.8) is 0 Å². The normalized spacial score (nSPS) is 39.3. The van der Waals surface area contributed by atoms with Gasteiger partial charge in [0.15, 0.2) is 0 Å². The van der Waals surface area contributed by atoms with Gasteiger partial charge in [-0.1, -0.05) is 20.8 Å². The van der Waals surface area contributed by atoms with E-state index >= 15 is 0 Å². The Bertz CT molecular complexity index is 352. The zero-order valence-electron chi connectivity index (χ0n) is 14.6. The van der Waals surface area contributed by atoms with Crippen LogP contribution >= 0.6 is 0 Å². The van der Waals surface area contributed by atoms with Crippen LogP contribution in [0.2, 0.25) is 0 Å². The molecule has 1 aliphatic carbocycles. The fourth-order valence-electron chi connectivity index (χ4n) is 4.59. The van der Waals surface area contributed by atoms with Gasteiger partial charge in [-0.2, -0.15) is 0 Å². The van der Waals surface area contributed by atoms with Gasteiger partial charge in [0, 0.05) is 37.8 Å². The van der Waals surface area contributed by atoms with Crippen molar-refractivity contribution in [1.29, 1.82) is 0 Å². The topological polar surface area (TPSA) is 18.5 Å². The maximum atomic E-state index is 3.91. The van der Waals surface area contributed by atoms with E-state index in [-0.39, 0.29) is 0 Å². The van der Waals surface area contributed by atoms with Gasteiger partial charge in [-0.25, -0.2) is 0 Å². The van der Waals surface area contributed by atoms with Crippen molar-refractivity contribution in [3.8, 4) is 0 Å². The first-order valence-electron chi connectivity index (χ1n) is 9.23. The summed E-state index contributed by atoms with van der Waals surface area (Å²) >= 11 is 0. The molecule has 3 aliphatic rings. The minimum atomic E-state index is 0.383. The lowest BCUT2D eigenvalue weighted by atomic mass is 9.87. The van der Waals surface area contributed by atoms with Crippen LogP contribution < -0.4 is 5.32 Å². The Balaban J connectivity index is 1.63. The lowest BCUT2D eigenvalue weighted by Crippen LogP contribution is -2.65. The van der Waals surface area contributed by atoms with E-state index < -0.39 is 0 Å². The minimum Gasteiger partial charge on any atom is -0.308 e. The monoisotopic (exact) mass is 293 g/mol. The van der Waals surface area contributed by atoms with E-state index in [2.05, 4.69) is 42.8 Å². The SMILES string of the molecule is CCN1CCC(CN2CC(C)(C3CC3)NCC2C(C)C)C1. The largest absolute Gasteiger partial charge is 0.308 e. The van der Waals surface area contributed by atoms with Gasteiger partial charge in [-0.15, -0.1) is 0 Å². The molecule has 3 rings (SSSR count). The highest BCUT2D eigenvalue weighted by Crippen LogP contribution is 2.42. The standard InChI is InChI=1S/C18H35N3/c1-5-20-9-8-15(11-20)12-21-13-18(4,16-6-7-16)19-10-17(21)14(2)3/h14-17,19H,5-13H2,1-4H3. The molecule has 2 heterocycles. The summed E-state index contributed by atoms with van der Waals surface area (Å²) in [4.78, 5) is 5.47. The van der Waals surface area contributed by atoms with Crippen molar-refractivity contribution in [2.24, 2.45) is 17.8 Å². The van der Waals surface area contributed by atoms with Gasteiger partial charge >= 0.3 is 0 Å². The molecule has 0 radical (unpaired) electrons. The minimum absolute atomic E-state index is 0.383. The maximum Gasteiger partial charge on any atom is 0.0309 e. The van der Waals surface area contributed by atoms with Crippen LogP contribution in [0.1, 0.15) is 47.0 Å². The van der Waals surface area contributed by atoms with Gasteiger partial charge in [0.2, 0.25) is 0 Å². The Morgan fingerprint density at radius 3 is 2.57 bits per heavy atom. The molecule has 3 atom stereocenters. The molecule has 0 aromatic rings. The van der Waals surface area contributed by atoms with Gasteiger partial charge in [-0.3, -0.25) is 4.90 Å². The molecule has 3 unspecified atom stereocenters. The van der Waals surface area contributed by atoms with Gasteiger partial charge in [0.05, 0.1) is 0 Å². The first-order valence-corrected chi connectivity index (χ1v) is 9.23. The molecule has 3 heteroatoms. The second-order valence-corrected chi connectivity index (χ2v) is 8.36. The third kappa shape index (κ3) is 3.46. The molecule has 0 aromatic carbocycles. The van der Waals surface area contributed by atoms with E-state index in [1.165, 1.54) is 58.5 Å². The molecule has 2 saturated heterocycles. The number of piperazine rings is 1. The molecule has 21 heavy (non-hydrogen) atoms. The van der Waals surface area contributed by atoms with Crippen molar-refractivity contribution in [3.05, 3.63) is 0 Å². The number of nitrogens with one attached hydrogen (secondary N) is 1. The van der Waals surface area contributed by atoms with Crippen molar-refractivity contribution in [2.45, 2.75) is 58.5 Å². The summed E-state index contributed by atoms with van der Waals surface area (Å²) < 4.78 is 0. The molecule has 1 saturated carbocycles. The Morgan fingerprint density at radius 1 is 1.24 bits per heavy atom. The Hall–Kier alpha value is -0.120. The Labute approximate surface area is 131 Å².